The summed E-state index contributed by atoms with van der Waals surface area (Å²) in [5.41, 5.74) is 3.72. The van der Waals surface area contributed by atoms with Gasteiger partial charge in [-0.05, 0) is 60.6 Å². The van der Waals surface area contributed by atoms with Crippen molar-refractivity contribution in [1.82, 2.24) is 0 Å². The summed E-state index contributed by atoms with van der Waals surface area (Å²) in [5.74, 6) is 0. The SMILES string of the molecule is O=S(=O)(C=Cc1ccc2c(c1)CCCC2)c1ccccc1. The second-order valence-corrected chi connectivity index (χ2v) is 7.23. The molecule has 0 saturated carbocycles. The quantitative estimate of drug-likeness (QED) is 0.858. The zero-order valence-electron chi connectivity index (χ0n) is 11.8. The Morgan fingerprint density at radius 3 is 2.33 bits per heavy atom. The van der Waals surface area contributed by atoms with Gasteiger partial charge >= 0.3 is 0 Å². The van der Waals surface area contributed by atoms with Crippen molar-refractivity contribution in [2.45, 2.75) is 30.6 Å². The average Bonchev–Trinajstić information content (AvgIpc) is 2.54. The zero-order chi connectivity index (χ0) is 14.7. The van der Waals surface area contributed by atoms with Crippen LogP contribution < -0.4 is 0 Å². The molecule has 0 saturated heterocycles. The molecule has 2 aromatic carbocycles. The number of benzene rings is 2. The van der Waals surface area contributed by atoms with E-state index < -0.39 is 9.84 Å². The number of sulfone groups is 1. The molecule has 0 heterocycles. The first kappa shape index (κ1) is 14.1. The van der Waals surface area contributed by atoms with Gasteiger partial charge < -0.3 is 0 Å². The first-order valence-electron chi connectivity index (χ1n) is 7.25. The molecule has 0 radical (unpaired) electrons. The van der Waals surface area contributed by atoms with E-state index in [4.69, 9.17) is 0 Å². The lowest BCUT2D eigenvalue weighted by molar-refractivity contribution is 0.605. The largest absolute Gasteiger partial charge is 0.219 e. The predicted octanol–water partition coefficient (Wildman–Crippen LogP) is 4.01. The van der Waals surface area contributed by atoms with Gasteiger partial charge in [0.25, 0.3) is 0 Å². The lowest BCUT2D eigenvalue weighted by atomic mass is 9.90. The maximum absolute atomic E-state index is 12.2. The Morgan fingerprint density at radius 2 is 1.57 bits per heavy atom. The highest BCUT2D eigenvalue weighted by Crippen LogP contribution is 2.23. The Hall–Kier alpha value is -1.87. The fraction of sp³-hybridized carbons (Fsp3) is 0.222. The van der Waals surface area contributed by atoms with E-state index in [2.05, 4.69) is 12.1 Å². The first-order chi connectivity index (χ1) is 10.1. The highest BCUT2D eigenvalue weighted by atomic mass is 32.2. The van der Waals surface area contributed by atoms with Crippen molar-refractivity contribution in [2.75, 3.05) is 0 Å². The molecule has 0 aromatic heterocycles. The standard InChI is InChI=1S/C18H18O2S/c19-21(20,18-8-2-1-3-9-18)13-12-15-10-11-16-6-4-5-7-17(16)14-15/h1-3,8-14H,4-7H2. The van der Waals surface area contributed by atoms with Crippen molar-refractivity contribution >= 4 is 15.9 Å². The van der Waals surface area contributed by atoms with Crippen LogP contribution in [0.3, 0.4) is 0 Å². The van der Waals surface area contributed by atoms with Gasteiger partial charge in [-0.1, -0.05) is 36.4 Å². The normalized spacial score (nSPS) is 15.0. The molecule has 0 unspecified atom stereocenters. The Kier molecular flexibility index (Phi) is 3.93. The molecule has 2 aromatic rings. The van der Waals surface area contributed by atoms with Crippen LogP contribution in [0.5, 0.6) is 0 Å². The lowest BCUT2D eigenvalue weighted by Crippen LogP contribution is -2.02. The van der Waals surface area contributed by atoms with Crippen LogP contribution in [0, 0.1) is 0 Å². The summed E-state index contributed by atoms with van der Waals surface area (Å²) < 4.78 is 24.4. The van der Waals surface area contributed by atoms with E-state index in [9.17, 15) is 8.42 Å². The Labute approximate surface area is 126 Å². The molecule has 2 nitrogen and oxygen atoms in total. The van der Waals surface area contributed by atoms with Crippen molar-refractivity contribution in [3.8, 4) is 0 Å². The van der Waals surface area contributed by atoms with Crippen LogP contribution in [-0.4, -0.2) is 8.42 Å². The van der Waals surface area contributed by atoms with Gasteiger partial charge in [-0.15, -0.1) is 0 Å². The van der Waals surface area contributed by atoms with Gasteiger partial charge in [-0.3, -0.25) is 0 Å². The summed E-state index contributed by atoms with van der Waals surface area (Å²) in [4.78, 5) is 0.333. The molecule has 0 fully saturated rings. The summed E-state index contributed by atoms with van der Waals surface area (Å²) in [6, 6.07) is 14.8. The van der Waals surface area contributed by atoms with Crippen molar-refractivity contribution < 1.29 is 8.42 Å². The molecule has 21 heavy (non-hydrogen) atoms. The van der Waals surface area contributed by atoms with Crippen LogP contribution in [0.15, 0.2) is 58.8 Å². The Balaban J connectivity index is 1.86. The third kappa shape index (κ3) is 3.24. The molecule has 1 aliphatic rings. The van der Waals surface area contributed by atoms with Crippen LogP contribution in [0.2, 0.25) is 0 Å². The van der Waals surface area contributed by atoms with Gasteiger partial charge in [0.05, 0.1) is 4.90 Å². The smallest absolute Gasteiger partial charge is 0.199 e. The topological polar surface area (TPSA) is 34.1 Å². The molecule has 3 heteroatoms. The van der Waals surface area contributed by atoms with Gasteiger partial charge in [0.1, 0.15) is 0 Å². The third-order valence-corrected chi connectivity index (χ3v) is 5.31. The van der Waals surface area contributed by atoms with Gasteiger partial charge in [0, 0.05) is 5.41 Å². The molecular weight excluding hydrogens is 280 g/mol. The summed E-state index contributed by atoms with van der Waals surface area (Å²) in [6.45, 7) is 0. The van der Waals surface area contributed by atoms with Crippen LogP contribution in [0.25, 0.3) is 6.08 Å². The second kappa shape index (κ2) is 5.86. The van der Waals surface area contributed by atoms with Crippen LogP contribution in [-0.2, 0) is 22.7 Å². The van der Waals surface area contributed by atoms with Gasteiger partial charge in [0.2, 0.25) is 0 Å². The highest BCUT2D eigenvalue weighted by Gasteiger charge is 2.11. The summed E-state index contributed by atoms with van der Waals surface area (Å²) >= 11 is 0. The summed E-state index contributed by atoms with van der Waals surface area (Å²) in [7, 11) is -3.36. The molecule has 0 aliphatic heterocycles. The number of fused-ring (bicyclic) bond motifs is 1. The van der Waals surface area contributed by atoms with E-state index >= 15 is 0 Å². The van der Waals surface area contributed by atoms with Gasteiger partial charge in [0.15, 0.2) is 9.84 Å². The molecule has 0 bridgehead atoms. The molecule has 1 aliphatic carbocycles. The van der Waals surface area contributed by atoms with E-state index in [-0.39, 0.29) is 0 Å². The number of hydrogen-bond donors (Lipinski definition) is 0. The van der Waals surface area contributed by atoms with Crippen LogP contribution in [0.1, 0.15) is 29.5 Å². The minimum absolute atomic E-state index is 0.333. The minimum Gasteiger partial charge on any atom is -0.219 e. The highest BCUT2D eigenvalue weighted by molar-refractivity contribution is 7.94. The van der Waals surface area contributed by atoms with Crippen LogP contribution >= 0.6 is 0 Å². The van der Waals surface area contributed by atoms with Crippen molar-refractivity contribution in [1.29, 1.82) is 0 Å². The van der Waals surface area contributed by atoms with Crippen LogP contribution in [0.4, 0.5) is 0 Å². The Bertz CT molecular complexity index is 759. The van der Waals surface area contributed by atoms with Crippen molar-refractivity contribution in [3.63, 3.8) is 0 Å². The fourth-order valence-corrected chi connectivity index (χ4v) is 3.74. The third-order valence-electron chi connectivity index (χ3n) is 3.88. The van der Waals surface area contributed by atoms with Crippen molar-refractivity contribution in [2.24, 2.45) is 0 Å². The van der Waals surface area contributed by atoms with E-state index in [1.54, 1.807) is 30.3 Å². The molecular formula is C18H18O2S. The Morgan fingerprint density at radius 1 is 0.857 bits per heavy atom. The van der Waals surface area contributed by atoms with Gasteiger partial charge in [-0.2, -0.15) is 0 Å². The summed E-state index contributed by atoms with van der Waals surface area (Å²) in [6.07, 6.45) is 6.41. The molecule has 108 valence electrons. The maximum Gasteiger partial charge on any atom is 0.199 e. The number of hydrogen-bond acceptors (Lipinski definition) is 2. The molecule has 0 N–H and O–H groups in total. The van der Waals surface area contributed by atoms with Crippen molar-refractivity contribution in [3.05, 3.63) is 70.6 Å². The number of aryl methyl sites for hydroxylation is 2. The summed E-state index contributed by atoms with van der Waals surface area (Å²) in [5, 5.41) is 1.30. The van der Waals surface area contributed by atoms with E-state index in [1.165, 1.54) is 29.4 Å². The minimum atomic E-state index is -3.36. The van der Waals surface area contributed by atoms with E-state index in [0.717, 1.165) is 18.4 Å². The van der Waals surface area contributed by atoms with E-state index in [0.29, 0.717) is 4.90 Å². The molecule has 3 rings (SSSR count). The molecule has 0 spiro atoms. The second-order valence-electron chi connectivity index (χ2n) is 5.40. The lowest BCUT2D eigenvalue weighted by Gasteiger charge is -2.15. The molecule has 0 atom stereocenters. The predicted molar refractivity (Wildman–Crippen MR) is 85.7 cm³/mol. The first-order valence-corrected chi connectivity index (χ1v) is 8.80. The van der Waals surface area contributed by atoms with E-state index in [1.807, 2.05) is 12.1 Å². The average molecular weight is 298 g/mol. The monoisotopic (exact) mass is 298 g/mol. The number of rotatable bonds is 3. The zero-order valence-corrected chi connectivity index (χ0v) is 12.6. The van der Waals surface area contributed by atoms with Gasteiger partial charge in [-0.25, -0.2) is 8.42 Å². The molecule has 0 amide bonds. The maximum atomic E-state index is 12.2. The fourth-order valence-electron chi connectivity index (χ4n) is 2.71.